The number of unbranched alkanes of at least 4 members (excludes halogenated alkanes) is 1. The summed E-state index contributed by atoms with van der Waals surface area (Å²) >= 11 is 0. The zero-order valence-electron chi connectivity index (χ0n) is 18.1. The number of guanidine groups is 1. The van der Waals surface area contributed by atoms with Crippen molar-refractivity contribution in [3.63, 3.8) is 0 Å². The Labute approximate surface area is 170 Å². The number of likely N-dealkylation sites (tertiary alicyclic amines) is 1. The highest BCUT2D eigenvalue weighted by molar-refractivity contribution is 5.80. The van der Waals surface area contributed by atoms with Crippen molar-refractivity contribution < 1.29 is 0 Å². The molecule has 2 aliphatic rings. The molecule has 1 aromatic heterocycles. The summed E-state index contributed by atoms with van der Waals surface area (Å²) in [6.45, 7) is 15.0. The third kappa shape index (κ3) is 5.70. The van der Waals surface area contributed by atoms with Crippen LogP contribution in [0.3, 0.4) is 0 Å². The molecule has 0 spiro atoms. The minimum atomic E-state index is 0.469. The van der Waals surface area contributed by atoms with E-state index >= 15 is 0 Å². The first-order valence-corrected chi connectivity index (χ1v) is 11.1. The van der Waals surface area contributed by atoms with Crippen molar-refractivity contribution in [1.82, 2.24) is 29.6 Å². The Morgan fingerprint density at radius 2 is 1.93 bits per heavy atom. The molecule has 0 saturated carbocycles. The third-order valence-corrected chi connectivity index (χ3v) is 6.43. The highest BCUT2D eigenvalue weighted by Gasteiger charge is 2.28. The van der Waals surface area contributed by atoms with Crippen LogP contribution in [0.2, 0.25) is 0 Å². The van der Waals surface area contributed by atoms with Crippen molar-refractivity contribution in [3.8, 4) is 0 Å². The van der Waals surface area contributed by atoms with Gasteiger partial charge in [0.05, 0.1) is 12.4 Å². The van der Waals surface area contributed by atoms with E-state index in [4.69, 9.17) is 0 Å². The molecule has 3 rings (SSSR count). The van der Waals surface area contributed by atoms with E-state index < -0.39 is 0 Å². The first kappa shape index (κ1) is 21.1. The Morgan fingerprint density at radius 1 is 1.14 bits per heavy atom. The summed E-state index contributed by atoms with van der Waals surface area (Å²) < 4.78 is 2.25. The van der Waals surface area contributed by atoms with Gasteiger partial charge in [0.15, 0.2) is 5.96 Å². The number of hydrogen-bond donors (Lipinski definition) is 1. The number of hydrogen-bond acceptors (Lipinski definition) is 4. The maximum absolute atomic E-state index is 4.55. The fraction of sp³-hybridized carbons (Fsp3) is 0.810. The molecule has 158 valence electrons. The van der Waals surface area contributed by atoms with Gasteiger partial charge >= 0.3 is 0 Å². The molecule has 1 N–H and O–H groups in total. The molecule has 2 atom stereocenters. The molecule has 7 heteroatoms. The third-order valence-electron chi connectivity index (χ3n) is 6.43. The van der Waals surface area contributed by atoms with E-state index in [1.807, 2.05) is 19.6 Å². The molecule has 0 radical (unpaired) electrons. The van der Waals surface area contributed by atoms with Gasteiger partial charge in [-0.05, 0) is 38.3 Å². The second-order valence-corrected chi connectivity index (χ2v) is 8.25. The van der Waals surface area contributed by atoms with Gasteiger partial charge in [0.2, 0.25) is 0 Å². The summed E-state index contributed by atoms with van der Waals surface area (Å²) in [6, 6.07) is 0.469. The largest absolute Gasteiger partial charge is 0.356 e. The van der Waals surface area contributed by atoms with Crippen LogP contribution in [0.15, 0.2) is 23.7 Å². The number of nitrogens with zero attached hydrogens (tertiary/aromatic N) is 6. The molecule has 0 aromatic carbocycles. The average Bonchev–Trinajstić information content (AvgIpc) is 3.26. The van der Waals surface area contributed by atoms with E-state index in [0.29, 0.717) is 12.0 Å². The first-order chi connectivity index (χ1) is 13.7. The molecule has 0 aliphatic carbocycles. The van der Waals surface area contributed by atoms with Crippen molar-refractivity contribution in [1.29, 1.82) is 0 Å². The predicted molar refractivity (Wildman–Crippen MR) is 116 cm³/mol. The lowest BCUT2D eigenvalue weighted by molar-refractivity contribution is 0.136. The van der Waals surface area contributed by atoms with Crippen molar-refractivity contribution in [3.05, 3.63) is 18.7 Å². The molecular formula is C21H39N7. The number of nitrogens with one attached hydrogen (secondary N) is 1. The standard InChI is InChI=1S/C21H39N7/c1-4-25-13-15-26(16-14-25)10-6-5-8-24-21(22-3)27-11-7-19(2)20(17-27)28-12-9-23-18-28/h9,12,18-20H,4-8,10-11,13-17H2,1-3H3,(H,22,24). The highest BCUT2D eigenvalue weighted by Crippen LogP contribution is 2.27. The fourth-order valence-corrected chi connectivity index (χ4v) is 4.42. The van der Waals surface area contributed by atoms with Crippen molar-refractivity contribution in [2.75, 3.05) is 66.0 Å². The molecule has 0 bridgehead atoms. The van der Waals surface area contributed by atoms with Crippen LogP contribution >= 0.6 is 0 Å². The zero-order chi connectivity index (χ0) is 19.8. The predicted octanol–water partition coefficient (Wildman–Crippen LogP) is 1.76. The van der Waals surface area contributed by atoms with Crippen LogP contribution in [0, 0.1) is 5.92 Å². The summed E-state index contributed by atoms with van der Waals surface area (Å²) in [5, 5.41) is 3.60. The molecule has 2 aliphatic heterocycles. The van der Waals surface area contributed by atoms with Gasteiger partial charge in [-0.3, -0.25) is 4.99 Å². The van der Waals surface area contributed by atoms with Gasteiger partial charge in [-0.2, -0.15) is 0 Å². The molecule has 2 unspecified atom stereocenters. The lowest BCUT2D eigenvalue weighted by Gasteiger charge is -2.39. The van der Waals surface area contributed by atoms with Crippen LogP contribution in [0.4, 0.5) is 0 Å². The SMILES string of the molecule is CCN1CCN(CCCCNC(=NC)N2CCC(C)C(n3ccnc3)C2)CC1. The Kier molecular flexibility index (Phi) is 8.15. The molecule has 3 heterocycles. The Morgan fingerprint density at radius 3 is 2.61 bits per heavy atom. The Bertz CT molecular complexity index is 578. The fourth-order valence-electron chi connectivity index (χ4n) is 4.42. The zero-order valence-corrected chi connectivity index (χ0v) is 18.1. The van der Waals surface area contributed by atoms with E-state index in [-0.39, 0.29) is 0 Å². The van der Waals surface area contributed by atoms with Gasteiger partial charge in [-0.1, -0.05) is 13.8 Å². The van der Waals surface area contributed by atoms with Crippen LogP contribution in [0.5, 0.6) is 0 Å². The number of piperazine rings is 1. The maximum atomic E-state index is 4.55. The van der Waals surface area contributed by atoms with Gasteiger partial charge in [-0.15, -0.1) is 0 Å². The highest BCUT2D eigenvalue weighted by atomic mass is 15.3. The number of rotatable bonds is 7. The minimum absolute atomic E-state index is 0.469. The van der Waals surface area contributed by atoms with Crippen molar-refractivity contribution in [2.24, 2.45) is 10.9 Å². The average molecular weight is 390 g/mol. The minimum Gasteiger partial charge on any atom is -0.356 e. The van der Waals surface area contributed by atoms with Gasteiger partial charge < -0.3 is 24.6 Å². The molecule has 2 fully saturated rings. The van der Waals surface area contributed by atoms with Crippen LogP contribution in [0.25, 0.3) is 0 Å². The lowest BCUT2D eigenvalue weighted by Crippen LogP contribution is -2.49. The first-order valence-electron chi connectivity index (χ1n) is 11.1. The van der Waals surface area contributed by atoms with Gasteiger partial charge in [0, 0.05) is 65.3 Å². The normalized spacial score (nSPS) is 25.2. The number of imidazole rings is 1. The monoisotopic (exact) mass is 389 g/mol. The Balaban J connectivity index is 1.36. The number of likely N-dealkylation sites (N-methyl/N-ethyl adjacent to an activating group) is 1. The van der Waals surface area contributed by atoms with Crippen LogP contribution in [-0.4, -0.2) is 96.2 Å². The second kappa shape index (κ2) is 10.8. The number of piperidine rings is 1. The molecule has 0 amide bonds. The van der Waals surface area contributed by atoms with Gasteiger partial charge in [0.1, 0.15) is 0 Å². The maximum Gasteiger partial charge on any atom is 0.193 e. The van der Waals surface area contributed by atoms with Crippen LogP contribution in [-0.2, 0) is 0 Å². The second-order valence-electron chi connectivity index (χ2n) is 8.25. The van der Waals surface area contributed by atoms with E-state index in [9.17, 15) is 0 Å². The quantitative estimate of drug-likeness (QED) is 0.437. The van der Waals surface area contributed by atoms with Gasteiger partial charge in [0.25, 0.3) is 0 Å². The van der Waals surface area contributed by atoms with E-state index in [0.717, 1.165) is 25.6 Å². The van der Waals surface area contributed by atoms with E-state index in [1.165, 1.54) is 58.5 Å². The molecule has 2 saturated heterocycles. The number of aromatic nitrogens is 2. The Hall–Kier alpha value is -1.60. The smallest absolute Gasteiger partial charge is 0.193 e. The molecule has 7 nitrogen and oxygen atoms in total. The molecule has 1 aromatic rings. The summed E-state index contributed by atoms with van der Waals surface area (Å²) in [4.78, 5) is 16.3. The topological polar surface area (TPSA) is 51.9 Å². The van der Waals surface area contributed by atoms with E-state index in [1.54, 1.807) is 0 Å². The van der Waals surface area contributed by atoms with Crippen LogP contribution in [0.1, 0.15) is 39.2 Å². The molecular weight excluding hydrogens is 350 g/mol. The lowest BCUT2D eigenvalue weighted by atomic mass is 9.93. The van der Waals surface area contributed by atoms with E-state index in [2.05, 4.69) is 54.6 Å². The van der Waals surface area contributed by atoms with Crippen molar-refractivity contribution in [2.45, 2.75) is 39.2 Å². The summed E-state index contributed by atoms with van der Waals surface area (Å²) in [5.74, 6) is 1.71. The molecule has 28 heavy (non-hydrogen) atoms. The summed E-state index contributed by atoms with van der Waals surface area (Å²) in [6.07, 6.45) is 9.55. The van der Waals surface area contributed by atoms with Crippen LogP contribution < -0.4 is 5.32 Å². The van der Waals surface area contributed by atoms with Crippen molar-refractivity contribution >= 4 is 5.96 Å². The number of aliphatic imine (C=N–C) groups is 1. The van der Waals surface area contributed by atoms with Gasteiger partial charge in [-0.25, -0.2) is 4.98 Å². The summed E-state index contributed by atoms with van der Waals surface area (Å²) in [7, 11) is 1.90. The summed E-state index contributed by atoms with van der Waals surface area (Å²) in [5.41, 5.74) is 0.